The second-order valence-electron chi connectivity index (χ2n) is 3.25. The average Bonchev–Trinajstić information content (AvgIpc) is 2.67. The number of halogens is 2. The molecule has 0 amide bonds. The van der Waals surface area contributed by atoms with E-state index in [9.17, 15) is 8.78 Å². The van der Waals surface area contributed by atoms with Gasteiger partial charge in [0.05, 0.1) is 6.10 Å². The molecule has 1 heterocycles. The predicted octanol–water partition coefficient (Wildman–Crippen LogP) is 2.51. The van der Waals surface area contributed by atoms with Crippen LogP contribution in [0.25, 0.3) is 0 Å². The number of ether oxygens (including phenoxy) is 1. The molecule has 0 spiro atoms. The number of rotatable bonds is 7. The van der Waals surface area contributed by atoms with Crippen molar-refractivity contribution < 1.29 is 13.5 Å². The van der Waals surface area contributed by atoms with Crippen LogP contribution < -0.4 is 5.32 Å². The lowest BCUT2D eigenvalue weighted by atomic mass is 10.4. The fourth-order valence-electron chi connectivity index (χ4n) is 1.11. The molecule has 1 rings (SSSR count). The summed E-state index contributed by atoms with van der Waals surface area (Å²) in [5, 5.41) is 5.16. The number of alkyl halides is 2. The molecule has 1 aromatic rings. The molecule has 0 fully saturated rings. The summed E-state index contributed by atoms with van der Waals surface area (Å²) in [5.41, 5.74) is 0. The minimum absolute atomic E-state index is 0.182. The summed E-state index contributed by atoms with van der Waals surface area (Å²) in [6.07, 6.45) is -2.57. The van der Waals surface area contributed by atoms with Crippen LogP contribution >= 0.6 is 11.3 Å². The second kappa shape index (κ2) is 6.87. The first-order chi connectivity index (χ1) is 7.18. The first-order valence-corrected chi connectivity index (χ1v) is 5.69. The molecule has 0 radical (unpaired) electrons. The lowest BCUT2D eigenvalue weighted by molar-refractivity contribution is -0.0164. The van der Waals surface area contributed by atoms with Crippen LogP contribution in [0.5, 0.6) is 0 Å². The maximum Gasteiger partial charge on any atom is 0.261 e. The summed E-state index contributed by atoms with van der Waals surface area (Å²) in [6.45, 7) is 2.65. The van der Waals surface area contributed by atoms with Crippen molar-refractivity contribution in [3.05, 3.63) is 22.4 Å². The van der Waals surface area contributed by atoms with E-state index in [1.54, 1.807) is 18.3 Å². The highest BCUT2D eigenvalue weighted by Gasteiger charge is 2.07. The SMILES string of the molecule is CC(CNCc1cccs1)OCC(F)F. The van der Waals surface area contributed by atoms with E-state index >= 15 is 0 Å². The van der Waals surface area contributed by atoms with Gasteiger partial charge in [-0.3, -0.25) is 0 Å². The third kappa shape index (κ3) is 5.81. The molecule has 0 saturated carbocycles. The van der Waals surface area contributed by atoms with Crippen molar-refractivity contribution in [1.82, 2.24) is 5.32 Å². The van der Waals surface area contributed by atoms with Crippen LogP contribution in [0.15, 0.2) is 17.5 Å². The molecule has 86 valence electrons. The van der Waals surface area contributed by atoms with Gasteiger partial charge in [0, 0.05) is 18.0 Å². The van der Waals surface area contributed by atoms with Crippen LogP contribution in [0, 0.1) is 0 Å². The fourth-order valence-corrected chi connectivity index (χ4v) is 1.78. The Balaban J connectivity index is 2.04. The van der Waals surface area contributed by atoms with Gasteiger partial charge >= 0.3 is 0 Å². The van der Waals surface area contributed by atoms with E-state index in [-0.39, 0.29) is 6.10 Å². The van der Waals surface area contributed by atoms with Crippen LogP contribution in [0.3, 0.4) is 0 Å². The Bertz CT molecular complexity index is 254. The maximum absolute atomic E-state index is 11.8. The Morgan fingerprint density at radius 3 is 2.93 bits per heavy atom. The summed E-state index contributed by atoms with van der Waals surface area (Å²) in [7, 11) is 0. The molecule has 1 aromatic heterocycles. The summed E-state index contributed by atoms with van der Waals surface area (Å²) in [5.74, 6) is 0. The van der Waals surface area contributed by atoms with Gasteiger partial charge in [0.15, 0.2) is 0 Å². The van der Waals surface area contributed by atoms with Gasteiger partial charge in [-0.1, -0.05) is 6.07 Å². The molecular formula is C10H15F2NOS. The highest BCUT2D eigenvalue weighted by Crippen LogP contribution is 2.07. The van der Waals surface area contributed by atoms with Crippen LogP contribution in [-0.2, 0) is 11.3 Å². The van der Waals surface area contributed by atoms with Crippen LogP contribution in [0.1, 0.15) is 11.8 Å². The van der Waals surface area contributed by atoms with Crippen molar-refractivity contribution >= 4 is 11.3 Å². The summed E-state index contributed by atoms with van der Waals surface area (Å²) >= 11 is 1.67. The quantitative estimate of drug-likeness (QED) is 0.784. The normalized spacial score (nSPS) is 13.3. The molecule has 0 aliphatic rings. The topological polar surface area (TPSA) is 21.3 Å². The molecule has 0 saturated heterocycles. The van der Waals surface area contributed by atoms with Gasteiger partial charge < -0.3 is 10.1 Å². The zero-order valence-corrected chi connectivity index (χ0v) is 9.40. The first kappa shape index (κ1) is 12.5. The smallest absolute Gasteiger partial charge is 0.261 e. The number of hydrogen-bond acceptors (Lipinski definition) is 3. The highest BCUT2D eigenvalue weighted by molar-refractivity contribution is 7.09. The third-order valence-corrected chi connectivity index (χ3v) is 2.69. The van der Waals surface area contributed by atoms with Crippen LogP contribution in [-0.4, -0.2) is 25.7 Å². The fraction of sp³-hybridized carbons (Fsp3) is 0.600. The van der Waals surface area contributed by atoms with E-state index < -0.39 is 13.0 Å². The molecule has 0 aliphatic heterocycles. The Labute approximate surface area is 92.3 Å². The van der Waals surface area contributed by atoms with E-state index in [1.165, 1.54) is 4.88 Å². The predicted molar refractivity (Wildman–Crippen MR) is 57.4 cm³/mol. The van der Waals surface area contributed by atoms with Crippen molar-refractivity contribution in [2.24, 2.45) is 0 Å². The Hall–Kier alpha value is -0.520. The van der Waals surface area contributed by atoms with Crippen molar-refractivity contribution in [3.63, 3.8) is 0 Å². The molecule has 1 unspecified atom stereocenters. The molecular weight excluding hydrogens is 220 g/mol. The van der Waals surface area contributed by atoms with Crippen molar-refractivity contribution in [1.29, 1.82) is 0 Å². The van der Waals surface area contributed by atoms with Gasteiger partial charge in [0.1, 0.15) is 6.61 Å². The van der Waals surface area contributed by atoms with Gasteiger partial charge in [0.2, 0.25) is 0 Å². The Morgan fingerprint density at radius 2 is 2.33 bits per heavy atom. The standard InChI is InChI=1S/C10H15F2NOS/c1-8(14-7-10(11)12)5-13-6-9-3-2-4-15-9/h2-4,8,10,13H,5-7H2,1H3. The number of hydrogen-bond donors (Lipinski definition) is 1. The zero-order chi connectivity index (χ0) is 11.1. The van der Waals surface area contributed by atoms with Gasteiger partial charge in [-0.05, 0) is 18.4 Å². The van der Waals surface area contributed by atoms with Gasteiger partial charge in [0.25, 0.3) is 6.43 Å². The van der Waals surface area contributed by atoms with Gasteiger partial charge in [-0.25, -0.2) is 8.78 Å². The van der Waals surface area contributed by atoms with Crippen molar-refractivity contribution in [2.45, 2.75) is 26.0 Å². The van der Waals surface area contributed by atoms with E-state index in [1.807, 2.05) is 17.5 Å². The lowest BCUT2D eigenvalue weighted by Crippen LogP contribution is -2.27. The molecule has 1 atom stereocenters. The van der Waals surface area contributed by atoms with Gasteiger partial charge in [-0.15, -0.1) is 11.3 Å². The van der Waals surface area contributed by atoms with E-state index in [0.29, 0.717) is 6.54 Å². The van der Waals surface area contributed by atoms with Crippen LogP contribution in [0.2, 0.25) is 0 Å². The average molecular weight is 235 g/mol. The maximum atomic E-state index is 11.8. The van der Waals surface area contributed by atoms with Crippen molar-refractivity contribution in [2.75, 3.05) is 13.2 Å². The number of thiophene rings is 1. The third-order valence-electron chi connectivity index (χ3n) is 1.82. The molecule has 1 N–H and O–H groups in total. The summed E-state index contributed by atoms with van der Waals surface area (Å²) in [4.78, 5) is 1.23. The molecule has 5 heteroatoms. The molecule has 0 aliphatic carbocycles. The molecule has 15 heavy (non-hydrogen) atoms. The summed E-state index contributed by atoms with van der Waals surface area (Å²) < 4.78 is 28.5. The van der Waals surface area contributed by atoms with E-state index in [4.69, 9.17) is 4.74 Å². The van der Waals surface area contributed by atoms with Gasteiger partial charge in [-0.2, -0.15) is 0 Å². The largest absolute Gasteiger partial charge is 0.371 e. The zero-order valence-electron chi connectivity index (χ0n) is 8.58. The number of nitrogens with one attached hydrogen (secondary N) is 1. The lowest BCUT2D eigenvalue weighted by Gasteiger charge is -2.13. The van der Waals surface area contributed by atoms with E-state index in [2.05, 4.69) is 5.32 Å². The Morgan fingerprint density at radius 1 is 1.53 bits per heavy atom. The Kier molecular flexibility index (Phi) is 5.75. The molecule has 2 nitrogen and oxygen atoms in total. The minimum Gasteiger partial charge on any atom is -0.371 e. The van der Waals surface area contributed by atoms with Crippen molar-refractivity contribution in [3.8, 4) is 0 Å². The monoisotopic (exact) mass is 235 g/mol. The first-order valence-electron chi connectivity index (χ1n) is 4.81. The summed E-state index contributed by atoms with van der Waals surface area (Å²) in [6, 6.07) is 4.01. The highest BCUT2D eigenvalue weighted by atomic mass is 32.1. The minimum atomic E-state index is -2.38. The van der Waals surface area contributed by atoms with E-state index in [0.717, 1.165) is 6.54 Å². The van der Waals surface area contributed by atoms with Crippen LogP contribution in [0.4, 0.5) is 8.78 Å². The molecule has 0 aromatic carbocycles. The molecule has 0 bridgehead atoms. The second-order valence-corrected chi connectivity index (χ2v) is 4.28.